The summed E-state index contributed by atoms with van der Waals surface area (Å²) < 4.78 is 36.7. The van der Waals surface area contributed by atoms with Crippen LogP contribution in [0.3, 0.4) is 0 Å². The van der Waals surface area contributed by atoms with E-state index in [1.807, 2.05) is 32.0 Å². The highest BCUT2D eigenvalue weighted by Crippen LogP contribution is 2.27. The van der Waals surface area contributed by atoms with Crippen molar-refractivity contribution in [2.24, 2.45) is 0 Å². The first-order valence-corrected chi connectivity index (χ1v) is 8.67. The van der Waals surface area contributed by atoms with E-state index in [1.165, 1.54) is 0 Å². The average Bonchev–Trinajstić information content (AvgIpc) is 2.94. The number of anilines is 2. The van der Waals surface area contributed by atoms with E-state index in [0.29, 0.717) is 4.34 Å². The highest BCUT2D eigenvalue weighted by molar-refractivity contribution is 8.01. The van der Waals surface area contributed by atoms with Crippen molar-refractivity contribution in [2.75, 3.05) is 22.9 Å². The Labute approximate surface area is 145 Å². The van der Waals surface area contributed by atoms with Gasteiger partial charge in [0.25, 0.3) is 0 Å². The maximum atomic E-state index is 12.1. The number of thioether (sulfide) groups is 1. The van der Waals surface area contributed by atoms with Crippen LogP contribution in [0.15, 0.2) is 22.5 Å². The molecule has 0 atom stereocenters. The van der Waals surface area contributed by atoms with Gasteiger partial charge >= 0.3 is 6.18 Å². The molecule has 0 radical (unpaired) electrons. The summed E-state index contributed by atoms with van der Waals surface area (Å²) in [6.45, 7) is 2.66. The molecule has 10 heteroatoms. The van der Waals surface area contributed by atoms with Gasteiger partial charge in [0.2, 0.25) is 11.0 Å². The third kappa shape index (κ3) is 6.00. The molecule has 0 fully saturated rings. The highest BCUT2D eigenvalue weighted by Gasteiger charge is 2.27. The number of carbonyl (C=O) groups excluding carboxylic acids is 1. The number of aromatic nitrogens is 2. The second kappa shape index (κ2) is 7.84. The fraction of sp³-hybridized carbons (Fsp3) is 0.357. The second-order valence-corrected chi connectivity index (χ2v) is 7.20. The topological polar surface area (TPSA) is 66.9 Å². The molecule has 130 valence electrons. The molecule has 0 aliphatic rings. The van der Waals surface area contributed by atoms with Crippen LogP contribution in [0.1, 0.15) is 11.1 Å². The Hall–Kier alpha value is -1.81. The zero-order valence-corrected chi connectivity index (χ0v) is 14.5. The van der Waals surface area contributed by atoms with Crippen LogP contribution in [-0.4, -0.2) is 34.6 Å². The molecular weight excluding hydrogens is 361 g/mol. The number of benzene rings is 1. The van der Waals surface area contributed by atoms with E-state index in [9.17, 15) is 18.0 Å². The lowest BCUT2D eigenvalue weighted by Crippen LogP contribution is -2.21. The molecule has 0 saturated heterocycles. The molecule has 1 aromatic heterocycles. The van der Waals surface area contributed by atoms with E-state index in [-0.39, 0.29) is 16.8 Å². The molecule has 0 aliphatic carbocycles. The van der Waals surface area contributed by atoms with Gasteiger partial charge in [-0.25, -0.2) is 0 Å². The van der Waals surface area contributed by atoms with Crippen LogP contribution in [0.2, 0.25) is 0 Å². The molecule has 2 rings (SSSR count). The number of nitrogens with one attached hydrogen (secondary N) is 2. The molecule has 2 N–H and O–H groups in total. The van der Waals surface area contributed by atoms with Crippen LogP contribution >= 0.6 is 23.1 Å². The Morgan fingerprint density at radius 2 is 2.04 bits per heavy atom. The summed E-state index contributed by atoms with van der Waals surface area (Å²) in [6.07, 6.45) is -4.31. The number of nitrogens with zero attached hydrogens (tertiary/aromatic N) is 2. The van der Waals surface area contributed by atoms with E-state index in [0.717, 1.165) is 39.9 Å². The van der Waals surface area contributed by atoms with E-state index in [1.54, 1.807) is 0 Å². The van der Waals surface area contributed by atoms with Crippen molar-refractivity contribution >= 4 is 39.8 Å². The number of carbonyl (C=O) groups is 1. The average molecular weight is 376 g/mol. The standard InChI is InChI=1S/C14H15F3N4OS2/c1-8-3-4-9(2)10(5-8)19-11(22)6-23-13-21-20-12(24-13)18-7-14(15,16)17/h3-5H,6-7H2,1-2H3,(H,18,20)(H,19,22). The molecule has 5 nitrogen and oxygen atoms in total. The molecule has 0 saturated carbocycles. The Morgan fingerprint density at radius 1 is 1.29 bits per heavy atom. The Balaban J connectivity index is 1.84. The van der Waals surface area contributed by atoms with Gasteiger partial charge in [-0.3, -0.25) is 4.79 Å². The van der Waals surface area contributed by atoms with Gasteiger partial charge in [0.05, 0.1) is 5.75 Å². The summed E-state index contributed by atoms with van der Waals surface area (Å²) >= 11 is 2.10. The zero-order chi connectivity index (χ0) is 17.7. The molecule has 0 unspecified atom stereocenters. The van der Waals surface area contributed by atoms with Crippen molar-refractivity contribution in [3.63, 3.8) is 0 Å². The van der Waals surface area contributed by atoms with Crippen LogP contribution in [0, 0.1) is 13.8 Å². The quantitative estimate of drug-likeness (QED) is 0.750. The first kappa shape index (κ1) is 18.5. The first-order valence-electron chi connectivity index (χ1n) is 6.87. The molecule has 1 aromatic carbocycles. The van der Waals surface area contributed by atoms with Gasteiger partial charge < -0.3 is 10.6 Å². The predicted octanol–water partition coefficient (Wildman–Crippen LogP) is 3.86. The Bertz CT molecular complexity index is 718. The molecule has 0 spiro atoms. The van der Waals surface area contributed by atoms with Gasteiger partial charge in [-0.15, -0.1) is 10.2 Å². The minimum absolute atomic E-state index is 0.0739. The third-order valence-electron chi connectivity index (χ3n) is 2.84. The maximum Gasteiger partial charge on any atom is 0.405 e. The lowest BCUT2D eigenvalue weighted by molar-refractivity contribution is -0.115. The van der Waals surface area contributed by atoms with Gasteiger partial charge in [-0.1, -0.05) is 35.2 Å². The highest BCUT2D eigenvalue weighted by atomic mass is 32.2. The van der Waals surface area contributed by atoms with Crippen molar-refractivity contribution < 1.29 is 18.0 Å². The predicted molar refractivity (Wildman–Crippen MR) is 89.7 cm³/mol. The Morgan fingerprint density at radius 3 is 2.75 bits per heavy atom. The van der Waals surface area contributed by atoms with Gasteiger partial charge in [0, 0.05) is 5.69 Å². The molecule has 0 aliphatic heterocycles. The number of aryl methyl sites for hydroxylation is 2. The number of hydrogen-bond acceptors (Lipinski definition) is 6. The fourth-order valence-electron chi connectivity index (χ4n) is 1.70. The van der Waals surface area contributed by atoms with Crippen LogP contribution in [0.5, 0.6) is 0 Å². The third-order valence-corrected chi connectivity index (χ3v) is 4.85. The fourth-order valence-corrected chi connectivity index (χ4v) is 3.25. The summed E-state index contributed by atoms with van der Waals surface area (Å²) in [5, 5.41) is 12.4. The monoisotopic (exact) mass is 376 g/mol. The maximum absolute atomic E-state index is 12.1. The molecule has 1 amide bonds. The van der Waals surface area contributed by atoms with Crippen molar-refractivity contribution in [1.82, 2.24) is 10.2 Å². The Kier molecular flexibility index (Phi) is 6.05. The summed E-state index contributed by atoms with van der Waals surface area (Å²) in [5.41, 5.74) is 2.73. The largest absolute Gasteiger partial charge is 0.405 e. The van der Waals surface area contributed by atoms with Crippen LogP contribution < -0.4 is 10.6 Å². The minimum Gasteiger partial charge on any atom is -0.351 e. The summed E-state index contributed by atoms with van der Waals surface area (Å²) in [7, 11) is 0. The van der Waals surface area contributed by atoms with Crippen molar-refractivity contribution in [2.45, 2.75) is 24.4 Å². The number of alkyl halides is 3. The molecular formula is C14H15F3N4OS2. The molecule has 0 bridgehead atoms. The van der Waals surface area contributed by atoms with Crippen molar-refractivity contribution in [1.29, 1.82) is 0 Å². The lowest BCUT2D eigenvalue weighted by atomic mass is 10.1. The van der Waals surface area contributed by atoms with Gasteiger partial charge in [0.15, 0.2) is 4.34 Å². The number of amides is 1. The van der Waals surface area contributed by atoms with Crippen molar-refractivity contribution in [3.8, 4) is 0 Å². The number of rotatable bonds is 6. The van der Waals surface area contributed by atoms with Crippen LogP contribution in [0.4, 0.5) is 24.0 Å². The molecule has 1 heterocycles. The lowest BCUT2D eigenvalue weighted by Gasteiger charge is -2.08. The van der Waals surface area contributed by atoms with E-state index < -0.39 is 12.7 Å². The zero-order valence-electron chi connectivity index (χ0n) is 12.9. The summed E-state index contributed by atoms with van der Waals surface area (Å²) in [6, 6.07) is 5.75. The number of halogens is 3. The molecule has 24 heavy (non-hydrogen) atoms. The van der Waals surface area contributed by atoms with Crippen LogP contribution in [0.25, 0.3) is 0 Å². The summed E-state index contributed by atoms with van der Waals surface area (Å²) in [4.78, 5) is 12.0. The van der Waals surface area contributed by atoms with Gasteiger partial charge in [-0.05, 0) is 31.0 Å². The van der Waals surface area contributed by atoms with Gasteiger partial charge in [0.1, 0.15) is 6.54 Å². The van der Waals surface area contributed by atoms with Crippen molar-refractivity contribution in [3.05, 3.63) is 29.3 Å². The van der Waals surface area contributed by atoms with Gasteiger partial charge in [-0.2, -0.15) is 13.2 Å². The molecule has 2 aromatic rings. The summed E-state index contributed by atoms with van der Waals surface area (Å²) in [5.74, 6) is -0.116. The normalized spacial score (nSPS) is 11.4. The number of hydrogen-bond donors (Lipinski definition) is 2. The van der Waals surface area contributed by atoms with E-state index >= 15 is 0 Å². The minimum atomic E-state index is -4.31. The van der Waals surface area contributed by atoms with E-state index in [2.05, 4.69) is 20.8 Å². The van der Waals surface area contributed by atoms with E-state index in [4.69, 9.17) is 0 Å². The first-order chi connectivity index (χ1) is 11.2. The SMILES string of the molecule is Cc1ccc(C)c(NC(=O)CSc2nnc(NCC(F)(F)F)s2)c1. The smallest absolute Gasteiger partial charge is 0.351 e. The second-order valence-electron chi connectivity index (χ2n) is 5.00. The van der Waals surface area contributed by atoms with Crippen LogP contribution in [-0.2, 0) is 4.79 Å².